The average Bonchev–Trinajstić information content (AvgIpc) is 2.67. The quantitative estimate of drug-likeness (QED) is 0.490. The predicted octanol–water partition coefficient (Wildman–Crippen LogP) is 2.11. The summed E-state index contributed by atoms with van der Waals surface area (Å²) in [5.74, 6) is -1.85. The highest BCUT2D eigenvalue weighted by Crippen LogP contribution is 2.28. The third-order valence-electron chi connectivity index (χ3n) is 2.64. The van der Waals surface area contributed by atoms with E-state index in [1.165, 1.54) is 6.07 Å². The molecule has 0 saturated carbocycles. The molecule has 0 radical (unpaired) electrons. The number of carboxylic acid groups (broad SMARTS) is 1. The van der Waals surface area contributed by atoms with Gasteiger partial charge in [-0.3, -0.25) is 10.1 Å². The molecule has 0 atom stereocenters. The number of carboxylic acids is 1. The largest absolute Gasteiger partial charge is 0.475 e. The van der Waals surface area contributed by atoms with Crippen molar-refractivity contribution in [1.29, 1.82) is 0 Å². The minimum atomic E-state index is -1.19. The summed E-state index contributed by atoms with van der Waals surface area (Å²) in [7, 11) is 0. The molecular weight excluding hydrogens is 240 g/mol. The number of benzene rings is 1. The highest BCUT2D eigenvalue weighted by Gasteiger charge is 2.21. The number of carbonyl (C=O) groups excluding carboxylic acids is 1. The molecule has 6 nitrogen and oxygen atoms in total. The molecule has 6 heteroatoms. The molecule has 1 heterocycles. The summed E-state index contributed by atoms with van der Waals surface area (Å²) in [5.41, 5.74) is 0.948. The van der Waals surface area contributed by atoms with E-state index in [1.54, 1.807) is 19.1 Å². The Bertz CT molecular complexity index is 625. The topological polar surface area (TPSA) is 97.0 Å². The SMILES string of the molecule is Cc1c(C(=O)O)oc2cccc(C(=O)COO)c12. The van der Waals surface area contributed by atoms with Crippen LogP contribution in [0, 0.1) is 6.92 Å². The van der Waals surface area contributed by atoms with Crippen LogP contribution in [0.1, 0.15) is 26.5 Å². The Hall–Kier alpha value is -2.18. The molecule has 0 fully saturated rings. The fraction of sp³-hybridized carbons (Fsp3) is 0.167. The van der Waals surface area contributed by atoms with E-state index in [-0.39, 0.29) is 11.3 Å². The van der Waals surface area contributed by atoms with Gasteiger partial charge in [-0.25, -0.2) is 9.68 Å². The Morgan fingerprint density at radius 1 is 1.39 bits per heavy atom. The molecule has 1 aromatic heterocycles. The monoisotopic (exact) mass is 250 g/mol. The number of ketones is 1. The van der Waals surface area contributed by atoms with Crippen LogP contribution in [0.2, 0.25) is 0 Å². The molecule has 0 spiro atoms. The van der Waals surface area contributed by atoms with E-state index < -0.39 is 18.4 Å². The summed E-state index contributed by atoms with van der Waals surface area (Å²) < 4.78 is 5.17. The van der Waals surface area contributed by atoms with Crippen LogP contribution in [0.15, 0.2) is 22.6 Å². The van der Waals surface area contributed by atoms with Crippen LogP contribution in [-0.4, -0.2) is 28.7 Å². The Balaban J connectivity index is 2.69. The third-order valence-corrected chi connectivity index (χ3v) is 2.64. The third kappa shape index (κ3) is 1.87. The first-order chi connectivity index (χ1) is 8.56. The number of aromatic carboxylic acids is 1. The van der Waals surface area contributed by atoms with Gasteiger partial charge in [-0.05, 0) is 13.0 Å². The standard InChI is InChI=1S/C12H10O6/c1-6-10-7(8(13)5-17-16)3-2-4-9(10)18-11(6)12(14)15/h2-4,16H,5H2,1H3,(H,14,15). The normalized spacial score (nSPS) is 10.8. The minimum Gasteiger partial charge on any atom is -0.475 e. The lowest BCUT2D eigenvalue weighted by molar-refractivity contribution is -0.230. The van der Waals surface area contributed by atoms with Crippen LogP contribution in [0.5, 0.6) is 0 Å². The maximum Gasteiger partial charge on any atom is 0.372 e. The van der Waals surface area contributed by atoms with Gasteiger partial charge in [-0.15, -0.1) is 0 Å². The lowest BCUT2D eigenvalue weighted by Crippen LogP contribution is -2.07. The first-order valence-corrected chi connectivity index (χ1v) is 5.11. The summed E-state index contributed by atoms with van der Waals surface area (Å²) in [5, 5.41) is 17.7. The fourth-order valence-corrected chi connectivity index (χ4v) is 1.88. The molecule has 2 N–H and O–H groups in total. The first kappa shape index (κ1) is 12.3. The second-order valence-corrected chi connectivity index (χ2v) is 3.74. The molecular formula is C12H10O6. The lowest BCUT2D eigenvalue weighted by Gasteiger charge is -2.00. The second-order valence-electron chi connectivity index (χ2n) is 3.74. The molecule has 2 rings (SSSR count). The lowest BCUT2D eigenvalue weighted by atomic mass is 10.0. The number of hydrogen-bond donors (Lipinski definition) is 2. The zero-order valence-electron chi connectivity index (χ0n) is 9.47. The molecule has 2 aromatic rings. The number of fused-ring (bicyclic) bond motifs is 1. The molecule has 18 heavy (non-hydrogen) atoms. The van der Waals surface area contributed by atoms with Gasteiger partial charge >= 0.3 is 5.97 Å². The summed E-state index contributed by atoms with van der Waals surface area (Å²) in [6.07, 6.45) is 0. The van der Waals surface area contributed by atoms with Crippen LogP contribution in [0.4, 0.5) is 0 Å². The number of Topliss-reactive ketones (excluding diaryl/α,β-unsaturated/α-hetero) is 1. The van der Waals surface area contributed by atoms with E-state index >= 15 is 0 Å². The number of hydrogen-bond acceptors (Lipinski definition) is 5. The van der Waals surface area contributed by atoms with Gasteiger partial charge in [0.05, 0.1) is 0 Å². The maximum atomic E-state index is 11.7. The first-order valence-electron chi connectivity index (χ1n) is 5.11. The summed E-state index contributed by atoms with van der Waals surface area (Å²) in [6.45, 7) is 1.07. The second kappa shape index (κ2) is 4.59. The number of furan rings is 1. The number of carbonyl (C=O) groups is 2. The number of aryl methyl sites for hydroxylation is 1. The molecule has 0 aliphatic carbocycles. The van der Waals surface area contributed by atoms with Crippen molar-refractivity contribution in [1.82, 2.24) is 0 Å². The van der Waals surface area contributed by atoms with Gasteiger partial charge in [0.15, 0.2) is 5.78 Å². The predicted molar refractivity (Wildman–Crippen MR) is 60.8 cm³/mol. The number of rotatable bonds is 4. The molecule has 94 valence electrons. The van der Waals surface area contributed by atoms with Crippen molar-refractivity contribution in [3.05, 3.63) is 35.1 Å². The van der Waals surface area contributed by atoms with Gasteiger partial charge in [0.25, 0.3) is 0 Å². The zero-order chi connectivity index (χ0) is 13.3. The van der Waals surface area contributed by atoms with Gasteiger partial charge in [-0.1, -0.05) is 12.1 Å². The van der Waals surface area contributed by atoms with Crippen LogP contribution in [0.3, 0.4) is 0 Å². The smallest absolute Gasteiger partial charge is 0.372 e. The van der Waals surface area contributed by atoms with Crippen LogP contribution in [0.25, 0.3) is 11.0 Å². The van der Waals surface area contributed by atoms with Crippen LogP contribution in [-0.2, 0) is 4.89 Å². The van der Waals surface area contributed by atoms with E-state index in [1.807, 2.05) is 0 Å². The van der Waals surface area contributed by atoms with Gasteiger partial charge in [0.2, 0.25) is 5.76 Å². The summed E-state index contributed by atoms with van der Waals surface area (Å²) in [6, 6.07) is 4.67. The van der Waals surface area contributed by atoms with Gasteiger partial charge < -0.3 is 9.52 Å². The van der Waals surface area contributed by atoms with Crippen molar-refractivity contribution in [2.45, 2.75) is 6.92 Å². The van der Waals surface area contributed by atoms with E-state index in [2.05, 4.69) is 4.89 Å². The van der Waals surface area contributed by atoms with Crippen LogP contribution < -0.4 is 0 Å². The van der Waals surface area contributed by atoms with E-state index in [4.69, 9.17) is 14.8 Å². The highest BCUT2D eigenvalue weighted by molar-refractivity contribution is 6.10. The molecule has 0 amide bonds. The van der Waals surface area contributed by atoms with Crippen molar-refractivity contribution >= 4 is 22.7 Å². The highest BCUT2D eigenvalue weighted by atomic mass is 17.1. The van der Waals surface area contributed by atoms with Gasteiger partial charge in [0.1, 0.15) is 12.2 Å². The molecule has 1 aromatic carbocycles. The Morgan fingerprint density at radius 3 is 2.72 bits per heavy atom. The molecule has 0 bridgehead atoms. The van der Waals surface area contributed by atoms with E-state index in [9.17, 15) is 9.59 Å². The van der Waals surface area contributed by atoms with E-state index in [0.29, 0.717) is 16.5 Å². The summed E-state index contributed by atoms with van der Waals surface area (Å²) in [4.78, 5) is 26.5. The van der Waals surface area contributed by atoms with Crippen molar-refractivity contribution in [2.24, 2.45) is 0 Å². The van der Waals surface area contributed by atoms with Crippen molar-refractivity contribution in [3.63, 3.8) is 0 Å². The van der Waals surface area contributed by atoms with Crippen molar-refractivity contribution < 1.29 is 29.3 Å². The van der Waals surface area contributed by atoms with Crippen molar-refractivity contribution in [2.75, 3.05) is 6.61 Å². The fourth-order valence-electron chi connectivity index (χ4n) is 1.88. The molecule has 0 saturated heterocycles. The average molecular weight is 250 g/mol. The summed E-state index contributed by atoms with van der Waals surface area (Å²) >= 11 is 0. The van der Waals surface area contributed by atoms with Crippen LogP contribution >= 0.6 is 0 Å². The van der Waals surface area contributed by atoms with Crippen molar-refractivity contribution in [3.8, 4) is 0 Å². The Labute approximate surface area is 101 Å². The molecule has 0 aliphatic heterocycles. The van der Waals surface area contributed by atoms with Gasteiger partial charge in [-0.2, -0.15) is 0 Å². The zero-order valence-corrected chi connectivity index (χ0v) is 9.47. The van der Waals surface area contributed by atoms with Gasteiger partial charge in [0, 0.05) is 16.5 Å². The molecule has 0 unspecified atom stereocenters. The Morgan fingerprint density at radius 2 is 2.11 bits per heavy atom. The minimum absolute atomic E-state index is 0.199. The maximum absolute atomic E-state index is 11.7. The van der Waals surface area contributed by atoms with E-state index in [0.717, 1.165) is 0 Å². The Kier molecular flexibility index (Phi) is 3.14. The molecule has 0 aliphatic rings.